The molecule has 3 rings (SSSR count). The van der Waals surface area contributed by atoms with E-state index in [9.17, 15) is 9.90 Å². The molecule has 0 aliphatic carbocycles. The molecule has 1 N–H and O–H groups in total. The van der Waals surface area contributed by atoms with Crippen LogP contribution in [0.15, 0.2) is 35.1 Å². The minimum Gasteiger partial charge on any atom is -0.507 e. The van der Waals surface area contributed by atoms with Crippen LogP contribution in [0.2, 0.25) is 5.02 Å². The Morgan fingerprint density at radius 2 is 1.96 bits per heavy atom. The Morgan fingerprint density at radius 3 is 2.63 bits per heavy atom. The molecular formula is C21H27ClN2O3. The van der Waals surface area contributed by atoms with E-state index < -0.39 is 0 Å². The Kier molecular flexibility index (Phi) is 6.58. The second-order valence-electron chi connectivity index (χ2n) is 7.09. The predicted octanol–water partition coefficient (Wildman–Crippen LogP) is 3.74. The molecule has 0 amide bonds. The molecule has 1 aromatic carbocycles. The highest BCUT2D eigenvalue weighted by Crippen LogP contribution is 2.35. The summed E-state index contributed by atoms with van der Waals surface area (Å²) in [5.41, 5.74) is 1.90. The number of aromatic nitrogens is 1. The normalized spacial score (nSPS) is 16.4. The fourth-order valence-electron chi connectivity index (χ4n) is 3.90. The lowest BCUT2D eigenvalue weighted by molar-refractivity contribution is 0.178. The fraction of sp³-hybridized carbons (Fsp3) is 0.476. The third kappa shape index (κ3) is 4.37. The largest absolute Gasteiger partial charge is 0.507 e. The maximum Gasteiger partial charge on any atom is 0.259 e. The molecule has 0 saturated carbocycles. The van der Waals surface area contributed by atoms with Crippen molar-refractivity contribution in [1.29, 1.82) is 0 Å². The van der Waals surface area contributed by atoms with Gasteiger partial charge >= 0.3 is 0 Å². The van der Waals surface area contributed by atoms with Gasteiger partial charge in [-0.15, -0.1) is 0 Å². The molecule has 2 heterocycles. The van der Waals surface area contributed by atoms with Gasteiger partial charge in [0.25, 0.3) is 5.56 Å². The van der Waals surface area contributed by atoms with E-state index in [4.69, 9.17) is 16.3 Å². The van der Waals surface area contributed by atoms with Crippen LogP contribution >= 0.6 is 11.6 Å². The summed E-state index contributed by atoms with van der Waals surface area (Å²) < 4.78 is 6.83. The summed E-state index contributed by atoms with van der Waals surface area (Å²) in [6, 6.07) is 8.94. The van der Waals surface area contributed by atoms with Gasteiger partial charge in [0.2, 0.25) is 0 Å². The van der Waals surface area contributed by atoms with Crippen molar-refractivity contribution < 1.29 is 9.84 Å². The van der Waals surface area contributed by atoms with E-state index in [1.54, 1.807) is 17.7 Å². The van der Waals surface area contributed by atoms with Crippen LogP contribution in [0, 0.1) is 6.92 Å². The third-order valence-corrected chi connectivity index (χ3v) is 5.47. The van der Waals surface area contributed by atoms with E-state index in [1.165, 1.54) is 6.42 Å². The molecule has 0 spiro atoms. The number of nitrogens with zero attached hydrogens (tertiary/aromatic N) is 2. The number of benzene rings is 1. The van der Waals surface area contributed by atoms with Gasteiger partial charge < -0.3 is 14.4 Å². The van der Waals surface area contributed by atoms with Crippen LogP contribution in [0.25, 0.3) is 0 Å². The van der Waals surface area contributed by atoms with Crippen molar-refractivity contribution in [2.75, 3.05) is 26.8 Å². The van der Waals surface area contributed by atoms with Crippen molar-refractivity contribution in [2.24, 2.45) is 0 Å². The molecule has 0 unspecified atom stereocenters. The van der Waals surface area contributed by atoms with E-state index in [1.807, 2.05) is 31.2 Å². The number of piperidine rings is 1. The maximum absolute atomic E-state index is 13.3. The highest BCUT2D eigenvalue weighted by molar-refractivity contribution is 6.30. The van der Waals surface area contributed by atoms with Gasteiger partial charge in [0, 0.05) is 24.4 Å². The van der Waals surface area contributed by atoms with Crippen LogP contribution < -0.4 is 5.56 Å². The first-order valence-electron chi connectivity index (χ1n) is 9.44. The first-order valence-corrected chi connectivity index (χ1v) is 9.82. The molecular weight excluding hydrogens is 364 g/mol. The van der Waals surface area contributed by atoms with Crippen LogP contribution in [-0.2, 0) is 11.3 Å². The maximum atomic E-state index is 13.3. The van der Waals surface area contributed by atoms with Gasteiger partial charge in [-0.25, -0.2) is 0 Å². The van der Waals surface area contributed by atoms with Crippen molar-refractivity contribution in [3.63, 3.8) is 0 Å². The van der Waals surface area contributed by atoms with Crippen LogP contribution in [0.1, 0.15) is 42.1 Å². The fourth-order valence-corrected chi connectivity index (χ4v) is 4.10. The first kappa shape index (κ1) is 19.9. The quantitative estimate of drug-likeness (QED) is 0.816. The number of likely N-dealkylation sites (tertiary alicyclic amines) is 1. The van der Waals surface area contributed by atoms with Gasteiger partial charge in [-0.2, -0.15) is 0 Å². The zero-order valence-corrected chi connectivity index (χ0v) is 16.7. The number of halogens is 1. The van der Waals surface area contributed by atoms with E-state index in [-0.39, 0.29) is 17.4 Å². The lowest BCUT2D eigenvalue weighted by Crippen LogP contribution is -2.39. The van der Waals surface area contributed by atoms with E-state index in [2.05, 4.69) is 4.90 Å². The molecule has 6 heteroatoms. The minimum atomic E-state index is -0.314. The van der Waals surface area contributed by atoms with Gasteiger partial charge in [-0.3, -0.25) is 9.69 Å². The molecule has 0 radical (unpaired) electrons. The molecule has 0 bridgehead atoms. The smallest absolute Gasteiger partial charge is 0.259 e. The number of methoxy groups -OCH3 is 1. The van der Waals surface area contributed by atoms with E-state index in [0.29, 0.717) is 23.7 Å². The number of rotatable bonds is 6. The summed E-state index contributed by atoms with van der Waals surface area (Å²) in [4.78, 5) is 15.6. The van der Waals surface area contributed by atoms with Crippen molar-refractivity contribution in [2.45, 2.75) is 38.8 Å². The Balaban J connectivity index is 2.15. The number of pyridine rings is 1. The molecule has 1 fully saturated rings. The Hall–Kier alpha value is -1.82. The molecule has 1 aliphatic rings. The zero-order valence-electron chi connectivity index (χ0n) is 15.9. The summed E-state index contributed by atoms with van der Waals surface area (Å²) in [5.74, 6) is 0.0433. The SMILES string of the molecule is COCCn1c(C)cc(O)c([C@H](c2cccc(Cl)c2)N2CCCCC2)c1=O. The number of hydrogen-bond donors (Lipinski definition) is 1. The minimum absolute atomic E-state index is 0.0433. The van der Waals surface area contributed by atoms with Gasteiger partial charge in [0.05, 0.1) is 18.2 Å². The average molecular weight is 391 g/mol. The molecule has 1 aliphatic heterocycles. The van der Waals surface area contributed by atoms with Gasteiger partial charge in [-0.05, 0) is 56.6 Å². The lowest BCUT2D eigenvalue weighted by atomic mass is 9.94. The van der Waals surface area contributed by atoms with Crippen LogP contribution in [0.3, 0.4) is 0 Å². The monoisotopic (exact) mass is 390 g/mol. The van der Waals surface area contributed by atoms with Gasteiger partial charge in [0.1, 0.15) is 5.75 Å². The molecule has 27 heavy (non-hydrogen) atoms. The summed E-state index contributed by atoms with van der Waals surface area (Å²) >= 11 is 6.24. The number of aryl methyl sites for hydroxylation is 1. The van der Waals surface area contributed by atoms with Crippen LogP contribution in [0.5, 0.6) is 5.75 Å². The van der Waals surface area contributed by atoms with E-state index in [0.717, 1.165) is 37.2 Å². The van der Waals surface area contributed by atoms with Crippen molar-refractivity contribution >= 4 is 11.6 Å². The second kappa shape index (κ2) is 8.91. The predicted molar refractivity (Wildman–Crippen MR) is 108 cm³/mol. The van der Waals surface area contributed by atoms with Crippen LogP contribution in [0.4, 0.5) is 0 Å². The Bertz CT molecular complexity index is 844. The number of hydrogen-bond acceptors (Lipinski definition) is 4. The zero-order chi connectivity index (χ0) is 19.4. The van der Waals surface area contributed by atoms with Crippen molar-refractivity contribution in [3.8, 4) is 5.75 Å². The lowest BCUT2D eigenvalue weighted by Gasteiger charge is -2.35. The topological polar surface area (TPSA) is 54.7 Å². The van der Waals surface area contributed by atoms with E-state index >= 15 is 0 Å². The first-order chi connectivity index (χ1) is 13.0. The highest BCUT2D eigenvalue weighted by atomic mass is 35.5. The molecule has 2 aromatic rings. The van der Waals surface area contributed by atoms with Crippen molar-refractivity contribution in [3.05, 3.63) is 62.5 Å². The Labute approximate surface area is 165 Å². The molecule has 1 atom stereocenters. The highest BCUT2D eigenvalue weighted by Gasteiger charge is 2.30. The summed E-state index contributed by atoms with van der Waals surface area (Å²) in [6.45, 7) is 4.51. The van der Waals surface area contributed by atoms with Crippen molar-refractivity contribution in [1.82, 2.24) is 9.47 Å². The summed E-state index contributed by atoms with van der Waals surface area (Å²) in [5, 5.41) is 11.4. The molecule has 1 aromatic heterocycles. The molecule has 146 valence electrons. The third-order valence-electron chi connectivity index (χ3n) is 5.24. The second-order valence-corrected chi connectivity index (χ2v) is 7.52. The number of aromatic hydroxyl groups is 1. The summed E-state index contributed by atoms with van der Waals surface area (Å²) in [6.07, 6.45) is 3.36. The molecule has 5 nitrogen and oxygen atoms in total. The van der Waals surface area contributed by atoms with Crippen LogP contribution in [-0.4, -0.2) is 41.4 Å². The Morgan fingerprint density at radius 1 is 1.22 bits per heavy atom. The van der Waals surface area contributed by atoms with Gasteiger partial charge in [0.15, 0.2) is 0 Å². The average Bonchev–Trinajstić information content (AvgIpc) is 2.65. The standard InChI is InChI=1S/C21H27ClN2O3/c1-15-13-18(25)19(21(26)24(15)11-12-27-2)20(23-9-4-3-5-10-23)16-7-6-8-17(22)14-16/h6-8,13-14,20,25H,3-5,9-12H2,1-2H3/t20-/m0/s1. The summed E-state index contributed by atoms with van der Waals surface area (Å²) in [7, 11) is 1.62. The number of ether oxygens (including phenoxy) is 1. The molecule has 1 saturated heterocycles. The van der Waals surface area contributed by atoms with Gasteiger partial charge in [-0.1, -0.05) is 30.2 Å².